The number of nitrogen functional groups attached to an aromatic ring is 1. The van der Waals surface area contributed by atoms with Crippen molar-refractivity contribution in [3.8, 4) is 0 Å². The van der Waals surface area contributed by atoms with Gasteiger partial charge in [-0.15, -0.1) is 0 Å². The average Bonchev–Trinajstić information content (AvgIpc) is 2.77. The molecule has 0 aliphatic heterocycles. The number of aromatic amines is 1. The quantitative estimate of drug-likeness (QED) is 0.707. The van der Waals surface area contributed by atoms with Crippen molar-refractivity contribution >= 4 is 5.82 Å². The van der Waals surface area contributed by atoms with E-state index in [9.17, 15) is 4.39 Å². The van der Waals surface area contributed by atoms with Crippen LogP contribution < -0.4 is 5.73 Å². The summed E-state index contributed by atoms with van der Waals surface area (Å²) in [5.41, 5.74) is 5.87. The lowest BCUT2D eigenvalue weighted by atomic mass is 10.2. The van der Waals surface area contributed by atoms with Crippen molar-refractivity contribution in [1.82, 2.24) is 10.2 Å². The van der Waals surface area contributed by atoms with Gasteiger partial charge in [0.25, 0.3) is 0 Å². The van der Waals surface area contributed by atoms with Gasteiger partial charge in [0.2, 0.25) is 0 Å². The summed E-state index contributed by atoms with van der Waals surface area (Å²) < 4.78 is 13.1. The van der Waals surface area contributed by atoms with E-state index in [4.69, 9.17) is 5.73 Å². The molecule has 0 spiro atoms. The van der Waals surface area contributed by atoms with E-state index in [1.165, 1.54) is 0 Å². The van der Waals surface area contributed by atoms with Crippen LogP contribution in [0.5, 0.6) is 0 Å². The zero-order valence-corrected chi connectivity index (χ0v) is 6.97. The van der Waals surface area contributed by atoms with Crippen molar-refractivity contribution in [2.24, 2.45) is 5.92 Å². The minimum absolute atomic E-state index is 0.00764. The van der Waals surface area contributed by atoms with E-state index in [-0.39, 0.29) is 11.6 Å². The number of hydrogen-bond donors (Lipinski definition) is 2. The van der Waals surface area contributed by atoms with Gasteiger partial charge in [0.1, 0.15) is 0 Å². The van der Waals surface area contributed by atoms with Crippen molar-refractivity contribution in [2.75, 3.05) is 5.73 Å². The molecule has 0 aromatic carbocycles. The second-order valence-corrected chi connectivity index (χ2v) is 3.35. The molecule has 1 fully saturated rings. The van der Waals surface area contributed by atoms with E-state index < -0.39 is 0 Å². The highest BCUT2D eigenvalue weighted by atomic mass is 19.1. The van der Waals surface area contributed by atoms with Gasteiger partial charge in [-0.2, -0.15) is 5.10 Å². The fourth-order valence-electron chi connectivity index (χ4n) is 1.65. The molecule has 1 aliphatic rings. The summed E-state index contributed by atoms with van der Waals surface area (Å²) in [4.78, 5) is 0. The first-order valence-corrected chi connectivity index (χ1v) is 4.23. The van der Waals surface area contributed by atoms with E-state index in [1.807, 2.05) is 0 Å². The molecule has 2 atom stereocenters. The van der Waals surface area contributed by atoms with Gasteiger partial charge in [0, 0.05) is 5.92 Å². The molecule has 1 aromatic heterocycles. The Labute approximate surface area is 70.2 Å². The molecule has 0 bridgehead atoms. The molecule has 1 heterocycles. The Bertz CT molecular complexity index is 294. The number of halogens is 1. The van der Waals surface area contributed by atoms with Crippen LogP contribution in [0.4, 0.5) is 10.2 Å². The molecule has 4 heteroatoms. The Balaban J connectivity index is 2.20. The topological polar surface area (TPSA) is 54.7 Å². The zero-order chi connectivity index (χ0) is 8.72. The molecule has 0 amide bonds. The van der Waals surface area contributed by atoms with E-state index >= 15 is 0 Å². The molecule has 66 valence electrons. The summed E-state index contributed by atoms with van der Waals surface area (Å²) in [5.74, 6) is 0.599. The number of aromatic nitrogens is 2. The third-order valence-electron chi connectivity index (χ3n) is 2.58. The number of H-pyrrole nitrogens is 1. The zero-order valence-electron chi connectivity index (χ0n) is 6.97. The van der Waals surface area contributed by atoms with Gasteiger partial charge >= 0.3 is 0 Å². The highest BCUT2D eigenvalue weighted by Crippen LogP contribution is 2.49. The lowest BCUT2D eigenvalue weighted by molar-refractivity contribution is 0.607. The number of anilines is 1. The lowest BCUT2D eigenvalue weighted by Gasteiger charge is -1.92. The van der Waals surface area contributed by atoms with Gasteiger partial charge in [-0.3, -0.25) is 5.10 Å². The number of nitrogens with two attached hydrogens (primary N) is 1. The predicted octanol–water partition coefficient (Wildman–Crippen LogP) is 1.64. The number of nitrogens with one attached hydrogen (secondary N) is 1. The number of nitrogens with zero attached hydrogens (tertiary/aromatic N) is 1. The average molecular weight is 169 g/mol. The van der Waals surface area contributed by atoms with Crippen LogP contribution in [0, 0.1) is 11.7 Å². The molecular weight excluding hydrogens is 157 g/mol. The Hall–Kier alpha value is -1.06. The maximum absolute atomic E-state index is 13.1. The van der Waals surface area contributed by atoms with Gasteiger partial charge < -0.3 is 5.73 Å². The third kappa shape index (κ3) is 0.983. The second kappa shape index (κ2) is 2.47. The van der Waals surface area contributed by atoms with Gasteiger partial charge in [-0.05, 0) is 12.3 Å². The minimum atomic E-state index is -0.351. The smallest absolute Gasteiger partial charge is 0.188 e. The Morgan fingerprint density at radius 3 is 2.92 bits per heavy atom. The molecular formula is C8H12FN3. The van der Waals surface area contributed by atoms with E-state index in [0.29, 0.717) is 17.5 Å². The third-order valence-corrected chi connectivity index (χ3v) is 2.58. The standard InChI is InChI=1S/C8H12FN3/c1-2-4-3-5(4)7-6(9)8(10)12-11-7/h4-5H,2-3H2,1H3,(H3,10,11,12). The molecule has 2 unspecified atom stereocenters. The summed E-state index contributed by atoms with van der Waals surface area (Å²) in [6, 6.07) is 0. The van der Waals surface area contributed by atoms with E-state index in [1.54, 1.807) is 0 Å². The monoisotopic (exact) mass is 169 g/mol. The van der Waals surface area contributed by atoms with Gasteiger partial charge in [0.05, 0.1) is 5.69 Å². The summed E-state index contributed by atoms with van der Waals surface area (Å²) in [6.07, 6.45) is 2.16. The SMILES string of the molecule is CCC1CC1c1[nH]nc(N)c1F. The molecule has 3 N–H and O–H groups in total. The molecule has 12 heavy (non-hydrogen) atoms. The molecule has 1 aliphatic carbocycles. The Kier molecular flexibility index (Phi) is 1.56. The molecule has 0 saturated heterocycles. The first-order chi connectivity index (χ1) is 5.74. The largest absolute Gasteiger partial charge is 0.380 e. The second-order valence-electron chi connectivity index (χ2n) is 3.35. The number of rotatable bonds is 2. The van der Waals surface area contributed by atoms with Crippen molar-refractivity contribution in [3.05, 3.63) is 11.5 Å². The van der Waals surface area contributed by atoms with Crippen molar-refractivity contribution in [2.45, 2.75) is 25.7 Å². The van der Waals surface area contributed by atoms with Crippen LogP contribution in [0.25, 0.3) is 0 Å². The first kappa shape index (κ1) is 7.58. The maximum atomic E-state index is 13.1. The molecule has 1 saturated carbocycles. The van der Waals surface area contributed by atoms with Crippen LogP contribution in [0.1, 0.15) is 31.4 Å². The highest BCUT2D eigenvalue weighted by Gasteiger charge is 2.40. The fourth-order valence-corrected chi connectivity index (χ4v) is 1.65. The van der Waals surface area contributed by atoms with E-state index in [0.717, 1.165) is 12.8 Å². The van der Waals surface area contributed by atoms with Crippen molar-refractivity contribution in [1.29, 1.82) is 0 Å². The van der Waals surface area contributed by atoms with Crippen LogP contribution in [0.2, 0.25) is 0 Å². The first-order valence-electron chi connectivity index (χ1n) is 4.23. The van der Waals surface area contributed by atoms with E-state index in [2.05, 4.69) is 17.1 Å². The van der Waals surface area contributed by atoms with Crippen LogP contribution in [-0.4, -0.2) is 10.2 Å². The highest BCUT2D eigenvalue weighted by molar-refractivity contribution is 5.35. The maximum Gasteiger partial charge on any atom is 0.188 e. The lowest BCUT2D eigenvalue weighted by Crippen LogP contribution is -1.89. The number of hydrogen-bond acceptors (Lipinski definition) is 2. The van der Waals surface area contributed by atoms with Crippen LogP contribution in [0.15, 0.2) is 0 Å². The van der Waals surface area contributed by atoms with Crippen LogP contribution in [-0.2, 0) is 0 Å². The molecule has 0 radical (unpaired) electrons. The molecule has 1 aromatic rings. The van der Waals surface area contributed by atoms with Gasteiger partial charge in [-0.25, -0.2) is 4.39 Å². The fraction of sp³-hybridized carbons (Fsp3) is 0.625. The molecule has 2 rings (SSSR count). The van der Waals surface area contributed by atoms with Crippen LogP contribution >= 0.6 is 0 Å². The van der Waals surface area contributed by atoms with Gasteiger partial charge in [0.15, 0.2) is 11.6 Å². The van der Waals surface area contributed by atoms with Crippen LogP contribution in [0.3, 0.4) is 0 Å². The summed E-state index contributed by atoms with van der Waals surface area (Å²) >= 11 is 0. The molecule has 3 nitrogen and oxygen atoms in total. The Morgan fingerprint density at radius 1 is 1.75 bits per heavy atom. The van der Waals surface area contributed by atoms with Crippen molar-refractivity contribution < 1.29 is 4.39 Å². The Morgan fingerprint density at radius 2 is 2.50 bits per heavy atom. The minimum Gasteiger partial charge on any atom is -0.380 e. The summed E-state index contributed by atoms with van der Waals surface area (Å²) in [5, 5.41) is 6.27. The normalized spacial score (nSPS) is 27.5. The van der Waals surface area contributed by atoms with Crippen molar-refractivity contribution in [3.63, 3.8) is 0 Å². The summed E-state index contributed by atoms with van der Waals surface area (Å²) in [6.45, 7) is 2.11. The predicted molar refractivity (Wildman–Crippen MR) is 44.1 cm³/mol. The summed E-state index contributed by atoms with van der Waals surface area (Å²) in [7, 11) is 0. The van der Waals surface area contributed by atoms with Gasteiger partial charge in [-0.1, -0.05) is 13.3 Å².